The predicted octanol–water partition coefficient (Wildman–Crippen LogP) is 2.39. The molecule has 0 aromatic heterocycles. The zero-order chi connectivity index (χ0) is 14.5. The highest BCUT2D eigenvalue weighted by atomic mass is 16.3. The molecule has 0 heterocycles. The van der Waals surface area contributed by atoms with Crippen LogP contribution in [0.3, 0.4) is 0 Å². The van der Waals surface area contributed by atoms with Crippen LogP contribution in [0.1, 0.15) is 23.7 Å². The number of hydrogen-bond donors (Lipinski definition) is 2. The van der Waals surface area contributed by atoms with Crippen LogP contribution in [0.2, 0.25) is 0 Å². The largest absolute Gasteiger partial charge is 0.506 e. The number of carbonyl (C=O) groups is 1. The molecule has 2 aromatic carbocycles. The molecular formula is C16H19NO3. The molecule has 0 saturated carbocycles. The Morgan fingerprint density at radius 1 is 1.20 bits per heavy atom. The van der Waals surface area contributed by atoms with Crippen LogP contribution < -0.4 is 0 Å². The first kappa shape index (κ1) is 14.3. The minimum absolute atomic E-state index is 0.0237. The van der Waals surface area contributed by atoms with Crippen molar-refractivity contribution in [2.24, 2.45) is 0 Å². The lowest BCUT2D eigenvalue weighted by Gasteiger charge is -2.21. The molecule has 0 fully saturated rings. The second-order valence-corrected chi connectivity index (χ2v) is 4.64. The van der Waals surface area contributed by atoms with E-state index in [1.54, 1.807) is 17.0 Å². The summed E-state index contributed by atoms with van der Waals surface area (Å²) in [5.41, 5.74) is 0.309. The number of nitrogens with zero attached hydrogens (tertiary/aromatic N) is 1. The van der Waals surface area contributed by atoms with E-state index < -0.39 is 0 Å². The first-order valence-corrected chi connectivity index (χ1v) is 6.80. The van der Waals surface area contributed by atoms with Crippen molar-refractivity contribution in [2.75, 3.05) is 19.7 Å². The maximum atomic E-state index is 12.4. The van der Waals surface area contributed by atoms with Crippen molar-refractivity contribution < 1.29 is 15.0 Å². The number of aromatic hydroxyl groups is 1. The standard InChI is InChI=1S/C16H19NO3/c1-2-17(10-5-11-18)16(20)14-9-8-12-6-3-4-7-13(12)15(14)19/h3-4,6-9,18-19H,2,5,10-11H2,1H3. The third kappa shape index (κ3) is 2.75. The summed E-state index contributed by atoms with van der Waals surface area (Å²) in [6.07, 6.45) is 0.536. The average molecular weight is 273 g/mol. The third-order valence-electron chi connectivity index (χ3n) is 3.39. The van der Waals surface area contributed by atoms with E-state index >= 15 is 0 Å². The molecule has 0 aliphatic heterocycles. The fourth-order valence-corrected chi connectivity index (χ4v) is 2.26. The number of aliphatic hydroxyl groups excluding tert-OH is 1. The molecule has 1 amide bonds. The molecule has 2 N–H and O–H groups in total. The fourth-order valence-electron chi connectivity index (χ4n) is 2.26. The molecule has 0 radical (unpaired) electrons. The number of amides is 1. The number of hydrogen-bond acceptors (Lipinski definition) is 3. The molecule has 0 bridgehead atoms. The molecule has 20 heavy (non-hydrogen) atoms. The first-order valence-electron chi connectivity index (χ1n) is 6.80. The highest BCUT2D eigenvalue weighted by Crippen LogP contribution is 2.29. The summed E-state index contributed by atoms with van der Waals surface area (Å²) in [7, 11) is 0. The van der Waals surface area contributed by atoms with Crippen molar-refractivity contribution in [1.82, 2.24) is 4.90 Å². The van der Waals surface area contributed by atoms with E-state index in [4.69, 9.17) is 5.11 Å². The minimum atomic E-state index is -0.204. The molecular weight excluding hydrogens is 254 g/mol. The molecule has 2 aromatic rings. The van der Waals surface area contributed by atoms with Crippen LogP contribution in [-0.2, 0) is 0 Å². The summed E-state index contributed by atoms with van der Waals surface area (Å²) in [5.74, 6) is -0.181. The number of benzene rings is 2. The molecule has 0 aliphatic carbocycles. The van der Waals surface area contributed by atoms with E-state index in [0.29, 0.717) is 30.5 Å². The van der Waals surface area contributed by atoms with Crippen molar-refractivity contribution >= 4 is 16.7 Å². The summed E-state index contributed by atoms with van der Waals surface area (Å²) < 4.78 is 0. The monoisotopic (exact) mass is 273 g/mol. The average Bonchev–Trinajstić information content (AvgIpc) is 2.48. The van der Waals surface area contributed by atoms with Gasteiger partial charge in [0.15, 0.2) is 0 Å². The van der Waals surface area contributed by atoms with Gasteiger partial charge in [0.1, 0.15) is 5.75 Å². The van der Waals surface area contributed by atoms with Crippen LogP contribution >= 0.6 is 0 Å². The normalized spacial score (nSPS) is 10.7. The van der Waals surface area contributed by atoms with Crippen molar-refractivity contribution in [1.29, 1.82) is 0 Å². The molecule has 106 valence electrons. The first-order chi connectivity index (χ1) is 9.69. The van der Waals surface area contributed by atoms with Crippen molar-refractivity contribution in [2.45, 2.75) is 13.3 Å². The topological polar surface area (TPSA) is 60.8 Å². The van der Waals surface area contributed by atoms with E-state index in [-0.39, 0.29) is 18.3 Å². The zero-order valence-electron chi connectivity index (χ0n) is 11.5. The second kappa shape index (κ2) is 6.39. The Labute approximate surface area is 118 Å². The van der Waals surface area contributed by atoms with Gasteiger partial charge in [-0.05, 0) is 24.8 Å². The highest BCUT2D eigenvalue weighted by Gasteiger charge is 2.18. The SMILES string of the molecule is CCN(CCCO)C(=O)c1ccc2ccccc2c1O. The van der Waals surface area contributed by atoms with Crippen molar-refractivity contribution in [3.8, 4) is 5.75 Å². The summed E-state index contributed by atoms with van der Waals surface area (Å²) in [4.78, 5) is 14.1. The van der Waals surface area contributed by atoms with Gasteiger partial charge in [-0.1, -0.05) is 30.3 Å². The van der Waals surface area contributed by atoms with Gasteiger partial charge in [0.2, 0.25) is 0 Å². The Morgan fingerprint density at radius 3 is 2.65 bits per heavy atom. The highest BCUT2D eigenvalue weighted by molar-refractivity contribution is 6.03. The summed E-state index contributed by atoms with van der Waals surface area (Å²) in [5, 5.41) is 20.7. The molecule has 0 atom stereocenters. The lowest BCUT2D eigenvalue weighted by Crippen LogP contribution is -2.32. The number of phenolic OH excluding ortho intramolecular Hbond substituents is 1. The summed E-state index contributed by atoms with van der Waals surface area (Å²) in [6.45, 7) is 2.96. The number of carbonyl (C=O) groups excluding carboxylic acids is 1. The van der Waals surface area contributed by atoms with Gasteiger partial charge in [0, 0.05) is 25.1 Å². The van der Waals surface area contributed by atoms with E-state index in [9.17, 15) is 9.90 Å². The van der Waals surface area contributed by atoms with Gasteiger partial charge in [0.05, 0.1) is 5.56 Å². The quantitative estimate of drug-likeness (QED) is 0.879. The van der Waals surface area contributed by atoms with E-state index in [1.807, 2.05) is 31.2 Å². The molecule has 0 spiro atoms. The van der Waals surface area contributed by atoms with Crippen LogP contribution in [-0.4, -0.2) is 40.7 Å². The zero-order valence-corrected chi connectivity index (χ0v) is 11.5. The van der Waals surface area contributed by atoms with Gasteiger partial charge in [-0.15, -0.1) is 0 Å². The summed E-state index contributed by atoms with van der Waals surface area (Å²) >= 11 is 0. The second-order valence-electron chi connectivity index (χ2n) is 4.64. The van der Waals surface area contributed by atoms with Crippen LogP contribution in [0.15, 0.2) is 36.4 Å². The maximum absolute atomic E-state index is 12.4. The van der Waals surface area contributed by atoms with Gasteiger partial charge < -0.3 is 15.1 Å². The van der Waals surface area contributed by atoms with Crippen LogP contribution in [0.5, 0.6) is 5.75 Å². The summed E-state index contributed by atoms with van der Waals surface area (Å²) in [6, 6.07) is 10.9. The number of aliphatic hydroxyl groups is 1. The fraction of sp³-hybridized carbons (Fsp3) is 0.312. The van der Waals surface area contributed by atoms with E-state index in [2.05, 4.69) is 0 Å². The van der Waals surface area contributed by atoms with Crippen LogP contribution in [0.25, 0.3) is 10.8 Å². The Bertz CT molecular complexity index is 610. The Kier molecular flexibility index (Phi) is 4.58. The smallest absolute Gasteiger partial charge is 0.257 e. The van der Waals surface area contributed by atoms with E-state index in [1.165, 1.54) is 0 Å². The van der Waals surface area contributed by atoms with Crippen molar-refractivity contribution in [3.05, 3.63) is 42.0 Å². The Hall–Kier alpha value is -2.07. The minimum Gasteiger partial charge on any atom is -0.506 e. The molecule has 2 rings (SSSR count). The number of fused-ring (bicyclic) bond motifs is 1. The molecule has 0 unspecified atom stereocenters. The third-order valence-corrected chi connectivity index (χ3v) is 3.39. The van der Waals surface area contributed by atoms with Crippen LogP contribution in [0.4, 0.5) is 0 Å². The van der Waals surface area contributed by atoms with Gasteiger partial charge in [-0.2, -0.15) is 0 Å². The van der Waals surface area contributed by atoms with Gasteiger partial charge in [-0.3, -0.25) is 4.79 Å². The van der Waals surface area contributed by atoms with Gasteiger partial charge in [0.25, 0.3) is 5.91 Å². The van der Waals surface area contributed by atoms with E-state index in [0.717, 1.165) is 5.39 Å². The Balaban J connectivity index is 2.36. The van der Waals surface area contributed by atoms with Crippen LogP contribution in [0, 0.1) is 0 Å². The maximum Gasteiger partial charge on any atom is 0.257 e. The molecule has 0 aliphatic rings. The lowest BCUT2D eigenvalue weighted by molar-refractivity contribution is 0.0751. The number of phenols is 1. The molecule has 4 heteroatoms. The van der Waals surface area contributed by atoms with Gasteiger partial charge in [-0.25, -0.2) is 0 Å². The van der Waals surface area contributed by atoms with Crippen molar-refractivity contribution in [3.63, 3.8) is 0 Å². The Morgan fingerprint density at radius 2 is 1.95 bits per heavy atom. The number of rotatable bonds is 5. The predicted molar refractivity (Wildman–Crippen MR) is 78.9 cm³/mol. The van der Waals surface area contributed by atoms with Gasteiger partial charge >= 0.3 is 0 Å². The molecule has 0 saturated heterocycles. The lowest BCUT2D eigenvalue weighted by atomic mass is 10.0. The molecule has 4 nitrogen and oxygen atoms in total.